The number of ether oxygens (including phenoxy) is 1. The van der Waals surface area contributed by atoms with E-state index in [1.807, 2.05) is 13.8 Å². The maximum Gasteiger partial charge on any atom is 0.0687 e. The van der Waals surface area contributed by atoms with E-state index >= 15 is 0 Å². The molecule has 1 unspecified atom stereocenters. The largest absolute Gasteiger partial charge is 0.381 e. The van der Waals surface area contributed by atoms with E-state index in [4.69, 9.17) is 10.00 Å². The van der Waals surface area contributed by atoms with Gasteiger partial charge in [0.2, 0.25) is 0 Å². The first-order valence-electron chi connectivity index (χ1n) is 4.16. The van der Waals surface area contributed by atoms with Crippen LogP contribution in [-0.2, 0) is 4.74 Å². The molecule has 62 valence electrons. The first-order valence-corrected chi connectivity index (χ1v) is 4.16. The highest BCUT2D eigenvalue weighted by Gasteiger charge is 2.30. The summed E-state index contributed by atoms with van der Waals surface area (Å²) in [6.07, 6.45) is 2.25. The maximum atomic E-state index is 8.84. The topological polar surface area (TPSA) is 33.0 Å². The normalized spacial score (nSPS) is 26.1. The van der Waals surface area contributed by atoms with Gasteiger partial charge in [0.05, 0.1) is 18.1 Å². The van der Waals surface area contributed by atoms with Crippen molar-refractivity contribution in [3.8, 4) is 6.07 Å². The summed E-state index contributed by atoms with van der Waals surface area (Å²) < 4.78 is 5.32. The molecule has 1 aliphatic heterocycles. The third kappa shape index (κ3) is 1.94. The van der Waals surface area contributed by atoms with Gasteiger partial charge in [0.25, 0.3) is 0 Å². The van der Waals surface area contributed by atoms with Crippen LogP contribution in [0, 0.1) is 22.7 Å². The fourth-order valence-electron chi connectivity index (χ4n) is 1.40. The van der Waals surface area contributed by atoms with Crippen LogP contribution in [0.3, 0.4) is 0 Å². The third-order valence-corrected chi connectivity index (χ3v) is 2.47. The van der Waals surface area contributed by atoms with Gasteiger partial charge in [-0.25, -0.2) is 0 Å². The smallest absolute Gasteiger partial charge is 0.0687 e. The molecular weight excluding hydrogens is 138 g/mol. The van der Waals surface area contributed by atoms with Crippen molar-refractivity contribution in [3.63, 3.8) is 0 Å². The minimum atomic E-state index is -0.208. The summed E-state index contributed by atoms with van der Waals surface area (Å²) in [6.45, 7) is 5.62. The Morgan fingerprint density at radius 1 is 1.55 bits per heavy atom. The molecule has 0 radical (unpaired) electrons. The Morgan fingerprint density at radius 2 is 2.27 bits per heavy atom. The van der Waals surface area contributed by atoms with E-state index in [9.17, 15) is 0 Å². The molecule has 1 rings (SSSR count). The standard InChI is InChI=1S/C9H15NO/c1-9(2,7-10)8-4-3-5-11-6-8/h8H,3-6H2,1-2H3. The van der Waals surface area contributed by atoms with E-state index in [0.717, 1.165) is 26.1 Å². The molecule has 1 aliphatic rings. The van der Waals surface area contributed by atoms with Crippen LogP contribution in [0.5, 0.6) is 0 Å². The summed E-state index contributed by atoms with van der Waals surface area (Å²) in [5.74, 6) is 0.432. The van der Waals surface area contributed by atoms with Gasteiger partial charge < -0.3 is 4.74 Å². The highest BCUT2D eigenvalue weighted by Crippen LogP contribution is 2.31. The van der Waals surface area contributed by atoms with E-state index in [1.54, 1.807) is 0 Å². The van der Waals surface area contributed by atoms with Crippen molar-refractivity contribution >= 4 is 0 Å². The van der Waals surface area contributed by atoms with Crippen molar-refractivity contribution in [2.45, 2.75) is 26.7 Å². The lowest BCUT2D eigenvalue weighted by molar-refractivity contribution is 0.0211. The number of nitrogens with zero attached hydrogens (tertiary/aromatic N) is 1. The molecule has 0 aliphatic carbocycles. The van der Waals surface area contributed by atoms with Crippen molar-refractivity contribution in [2.75, 3.05) is 13.2 Å². The summed E-state index contributed by atoms with van der Waals surface area (Å²) in [5, 5.41) is 8.84. The minimum absolute atomic E-state index is 0.208. The van der Waals surface area contributed by atoms with Crippen molar-refractivity contribution < 1.29 is 4.74 Å². The minimum Gasteiger partial charge on any atom is -0.381 e. The van der Waals surface area contributed by atoms with Crippen molar-refractivity contribution in [3.05, 3.63) is 0 Å². The molecule has 0 amide bonds. The van der Waals surface area contributed by atoms with Gasteiger partial charge in [-0.15, -0.1) is 0 Å². The second-order valence-electron chi connectivity index (χ2n) is 3.75. The predicted octanol–water partition coefficient (Wildman–Crippen LogP) is 1.96. The summed E-state index contributed by atoms with van der Waals surface area (Å²) in [5.41, 5.74) is -0.208. The van der Waals surface area contributed by atoms with E-state index < -0.39 is 0 Å². The summed E-state index contributed by atoms with van der Waals surface area (Å²) in [4.78, 5) is 0. The lowest BCUT2D eigenvalue weighted by Gasteiger charge is -2.30. The fraction of sp³-hybridized carbons (Fsp3) is 0.889. The van der Waals surface area contributed by atoms with E-state index in [1.165, 1.54) is 0 Å². The zero-order valence-electron chi connectivity index (χ0n) is 7.26. The Hall–Kier alpha value is -0.550. The first kappa shape index (κ1) is 8.55. The summed E-state index contributed by atoms with van der Waals surface area (Å²) in [7, 11) is 0. The lowest BCUT2D eigenvalue weighted by atomic mass is 9.77. The molecule has 1 atom stereocenters. The van der Waals surface area contributed by atoms with Gasteiger partial charge in [-0.05, 0) is 26.7 Å². The van der Waals surface area contributed by atoms with Crippen LogP contribution < -0.4 is 0 Å². The molecule has 1 saturated heterocycles. The van der Waals surface area contributed by atoms with E-state index in [0.29, 0.717) is 5.92 Å². The van der Waals surface area contributed by atoms with Crippen molar-refractivity contribution in [2.24, 2.45) is 11.3 Å². The highest BCUT2D eigenvalue weighted by atomic mass is 16.5. The van der Waals surface area contributed by atoms with Gasteiger partial charge in [0.15, 0.2) is 0 Å². The molecule has 11 heavy (non-hydrogen) atoms. The number of hydrogen-bond acceptors (Lipinski definition) is 2. The Labute approximate surface area is 68.2 Å². The second-order valence-corrected chi connectivity index (χ2v) is 3.75. The van der Waals surface area contributed by atoms with Gasteiger partial charge in [-0.1, -0.05) is 0 Å². The third-order valence-electron chi connectivity index (χ3n) is 2.47. The molecule has 0 N–H and O–H groups in total. The fourth-order valence-corrected chi connectivity index (χ4v) is 1.40. The number of hydrogen-bond donors (Lipinski definition) is 0. The van der Waals surface area contributed by atoms with Crippen molar-refractivity contribution in [1.29, 1.82) is 5.26 Å². The quantitative estimate of drug-likeness (QED) is 0.577. The molecule has 2 heteroatoms. The molecule has 0 aromatic carbocycles. The molecule has 1 heterocycles. The summed E-state index contributed by atoms with van der Waals surface area (Å²) in [6, 6.07) is 2.33. The number of nitriles is 1. The second kappa shape index (κ2) is 3.23. The molecule has 0 bridgehead atoms. The first-order chi connectivity index (χ1) is 5.17. The molecule has 0 aromatic heterocycles. The van der Waals surface area contributed by atoms with Crippen LogP contribution in [0.2, 0.25) is 0 Å². The average molecular weight is 153 g/mol. The Morgan fingerprint density at radius 3 is 2.73 bits per heavy atom. The molecule has 0 saturated carbocycles. The number of rotatable bonds is 1. The molecule has 1 fully saturated rings. The van der Waals surface area contributed by atoms with Gasteiger partial charge in [0.1, 0.15) is 0 Å². The highest BCUT2D eigenvalue weighted by molar-refractivity contribution is 4.97. The van der Waals surface area contributed by atoms with E-state index in [2.05, 4.69) is 6.07 Å². The average Bonchev–Trinajstić information content (AvgIpc) is 2.06. The van der Waals surface area contributed by atoms with Crippen molar-refractivity contribution in [1.82, 2.24) is 0 Å². The van der Waals surface area contributed by atoms with Gasteiger partial charge in [-0.2, -0.15) is 5.26 Å². The zero-order chi connectivity index (χ0) is 8.32. The van der Waals surface area contributed by atoms with Crippen LogP contribution in [0.25, 0.3) is 0 Å². The molecule has 0 spiro atoms. The molecule has 0 aromatic rings. The van der Waals surface area contributed by atoms with Crippen LogP contribution in [0.15, 0.2) is 0 Å². The molecule has 2 nitrogen and oxygen atoms in total. The lowest BCUT2D eigenvalue weighted by Crippen LogP contribution is -2.30. The predicted molar refractivity (Wildman–Crippen MR) is 42.9 cm³/mol. The Balaban J connectivity index is 2.52. The Kier molecular flexibility index (Phi) is 2.51. The maximum absolute atomic E-state index is 8.84. The van der Waals surface area contributed by atoms with Gasteiger partial charge in [0, 0.05) is 12.5 Å². The monoisotopic (exact) mass is 153 g/mol. The Bertz CT molecular complexity index is 163. The van der Waals surface area contributed by atoms with Gasteiger partial charge >= 0.3 is 0 Å². The summed E-state index contributed by atoms with van der Waals surface area (Å²) >= 11 is 0. The molecular formula is C9H15NO. The SMILES string of the molecule is CC(C)(C#N)C1CCCOC1. The zero-order valence-corrected chi connectivity index (χ0v) is 7.26. The van der Waals surface area contributed by atoms with Gasteiger partial charge in [-0.3, -0.25) is 0 Å². The van der Waals surface area contributed by atoms with Crippen LogP contribution >= 0.6 is 0 Å². The van der Waals surface area contributed by atoms with Crippen LogP contribution in [-0.4, -0.2) is 13.2 Å². The van der Waals surface area contributed by atoms with Crippen LogP contribution in [0.4, 0.5) is 0 Å². The van der Waals surface area contributed by atoms with Crippen LogP contribution in [0.1, 0.15) is 26.7 Å². The van der Waals surface area contributed by atoms with E-state index in [-0.39, 0.29) is 5.41 Å².